The van der Waals surface area contributed by atoms with Gasteiger partial charge in [-0.25, -0.2) is 4.79 Å². The maximum absolute atomic E-state index is 11.7. The molecule has 19 heavy (non-hydrogen) atoms. The molecule has 1 N–H and O–H groups in total. The Kier molecular flexibility index (Phi) is 3.85. The molecule has 0 unspecified atom stereocenters. The van der Waals surface area contributed by atoms with Crippen molar-refractivity contribution < 1.29 is 9.21 Å². The van der Waals surface area contributed by atoms with E-state index in [1.807, 2.05) is 24.3 Å². The Labute approximate surface area is 118 Å². The fourth-order valence-electron chi connectivity index (χ4n) is 1.77. The van der Waals surface area contributed by atoms with Crippen molar-refractivity contribution in [2.45, 2.75) is 13.8 Å². The molecule has 0 spiro atoms. The fourth-order valence-corrected chi connectivity index (χ4v) is 2.17. The molecular formula is C14H12BrNO3. The van der Waals surface area contributed by atoms with E-state index in [9.17, 15) is 9.59 Å². The highest BCUT2D eigenvalue weighted by molar-refractivity contribution is 9.10. The third-order valence-corrected chi connectivity index (χ3v) is 3.02. The van der Waals surface area contributed by atoms with E-state index < -0.39 is 5.63 Å². The topological polar surface area (TPSA) is 59.3 Å². The molecule has 0 aliphatic rings. The zero-order valence-corrected chi connectivity index (χ0v) is 12.1. The molecule has 0 saturated heterocycles. The minimum Gasteiger partial charge on any atom is -0.428 e. The Bertz CT molecular complexity index is 691. The lowest BCUT2D eigenvalue weighted by atomic mass is 10.1. The molecule has 1 heterocycles. The summed E-state index contributed by atoms with van der Waals surface area (Å²) in [5.41, 5.74) is 0.650. The molecule has 0 atom stereocenters. The Morgan fingerprint density at radius 2 is 2.05 bits per heavy atom. The normalized spacial score (nSPS) is 10.3. The van der Waals surface area contributed by atoms with Gasteiger partial charge in [0, 0.05) is 16.2 Å². The predicted molar refractivity (Wildman–Crippen MR) is 77.1 cm³/mol. The molecule has 2 rings (SSSR count). The second-order valence-electron chi connectivity index (χ2n) is 4.12. The molecule has 98 valence electrons. The third-order valence-electron chi connectivity index (χ3n) is 2.53. The first-order valence-electron chi connectivity index (χ1n) is 5.65. The monoisotopic (exact) mass is 321 g/mol. The van der Waals surface area contributed by atoms with Crippen LogP contribution < -0.4 is 10.9 Å². The van der Waals surface area contributed by atoms with Gasteiger partial charge >= 0.3 is 5.63 Å². The molecule has 0 radical (unpaired) electrons. The minimum atomic E-state index is -0.620. The maximum atomic E-state index is 11.7. The molecule has 5 heteroatoms. The Balaban J connectivity index is 2.50. The lowest BCUT2D eigenvalue weighted by Crippen LogP contribution is -2.15. The molecule has 0 saturated carbocycles. The number of hydrogen-bond acceptors (Lipinski definition) is 4. The number of carbonyl (C=O) groups is 1. The average Bonchev–Trinajstić information content (AvgIpc) is 2.26. The lowest BCUT2D eigenvalue weighted by molar-refractivity contribution is 0.101. The summed E-state index contributed by atoms with van der Waals surface area (Å²) in [5.74, 6) is 0.124. The van der Waals surface area contributed by atoms with Crippen molar-refractivity contribution in [3.05, 3.63) is 56.5 Å². The van der Waals surface area contributed by atoms with Crippen molar-refractivity contribution in [1.82, 2.24) is 0 Å². The van der Waals surface area contributed by atoms with Crippen molar-refractivity contribution in [3.8, 4) is 0 Å². The van der Waals surface area contributed by atoms with Gasteiger partial charge in [-0.3, -0.25) is 4.79 Å². The van der Waals surface area contributed by atoms with Crippen LogP contribution in [0.1, 0.15) is 23.0 Å². The van der Waals surface area contributed by atoms with Gasteiger partial charge in [0.1, 0.15) is 11.3 Å². The number of Topliss-reactive ketones (excluding diaryl/α,β-unsaturated/α-hetero) is 1. The maximum Gasteiger partial charge on any atom is 0.348 e. The first kappa shape index (κ1) is 13.5. The van der Waals surface area contributed by atoms with Gasteiger partial charge in [0.15, 0.2) is 5.78 Å². The number of benzene rings is 1. The first-order chi connectivity index (χ1) is 8.97. The summed E-state index contributed by atoms with van der Waals surface area (Å²) >= 11 is 3.36. The van der Waals surface area contributed by atoms with Gasteiger partial charge < -0.3 is 9.73 Å². The highest BCUT2D eigenvalue weighted by Crippen LogP contribution is 2.23. The van der Waals surface area contributed by atoms with E-state index in [4.69, 9.17) is 4.42 Å². The SMILES string of the molecule is CC(=O)c1c(Nc2cccc(Br)c2)cc(C)oc1=O. The van der Waals surface area contributed by atoms with Crippen molar-refractivity contribution in [2.75, 3.05) is 5.32 Å². The number of carbonyl (C=O) groups excluding carboxylic acids is 1. The summed E-state index contributed by atoms with van der Waals surface area (Å²) in [5, 5.41) is 3.07. The standard InChI is InChI=1S/C14H12BrNO3/c1-8-6-12(13(9(2)17)14(18)19-8)16-11-5-3-4-10(15)7-11/h3-7,16H,1-2H3. The van der Waals surface area contributed by atoms with E-state index in [0.717, 1.165) is 10.2 Å². The van der Waals surface area contributed by atoms with E-state index in [1.165, 1.54) is 6.92 Å². The van der Waals surface area contributed by atoms with E-state index >= 15 is 0 Å². The van der Waals surface area contributed by atoms with Crippen LogP contribution in [0.15, 0.2) is 44.0 Å². The average molecular weight is 322 g/mol. The van der Waals surface area contributed by atoms with E-state index in [0.29, 0.717) is 11.4 Å². The summed E-state index contributed by atoms with van der Waals surface area (Å²) in [4.78, 5) is 23.3. The van der Waals surface area contributed by atoms with Crippen LogP contribution in [-0.4, -0.2) is 5.78 Å². The number of ketones is 1. The van der Waals surface area contributed by atoms with Crippen molar-refractivity contribution >= 4 is 33.1 Å². The highest BCUT2D eigenvalue weighted by atomic mass is 79.9. The quantitative estimate of drug-likeness (QED) is 0.876. The Hall–Kier alpha value is -1.88. The summed E-state index contributed by atoms with van der Waals surface area (Å²) in [7, 11) is 0. The number of anilines is 2. The number of aryl methyl sites for hydroxylation is 1. The molecule has 1 aromatic carbocycles. The van der Waals surface area contributed by atoms with Crippen molar-refractivity contribution in [2.24, 2.45) is 0 Å². The molecule has 0 fully saturated rings. The lowest BCUT2D eigenvalue weighted by Gasteiger charge is -2.10. The van der Waals surface area contributed by atoms with Crippen LogP contribution in [0, 0.1) is 6.92 Å². The van der Waals surface area contributed by atoms with Crippen LogP contribution in [0.2, 0.25) is 0 Å². The number of halogens is 1. The molecule has 0 amide bonds. The van der Waals surface area contributed by atoms with Crippen molar-refractivity contribution in [1.29, 1.82) is 0 Å². The molecule has 4 nitrogen and oxygen atoms in total. The molecule has 0 aliphatic carbocycles. The molecule has 0 aliphatic heterocycles. The van der Waals surface area contributed by atoms with Crippen LogP contribution in [-0.2, 0) is 0 Å². The van der Waals surface area contributed by atoms with Gasteiger partial charge in [-0.2, -0.15) is 0 Å². The van der Waals surface area contributed by atoms with Gasteiger partial charge in [-0.1, -0.05) is 22.0 Å². The highest BCUT2D eigenvalue weighted by Gasteiger charge is 2.15. The van der Waals surface area contributed by atoms with Gasteiger partial charge in [0.25, 0.3) is 0 Å². The summed E-state index contributed by atoms with van der Waals surface area (Å²) in [6, 6.07) is 9.09. The number of rotatable bonds is 3. The van der Waals surface area contributed by atoms with Gasteiger partial charge in [-0.05, 0) is 32.0 Å². The van der Waals surface area contributed by atoms with Gasteiger partial charge in [-0.15, -0.1) is 0 Å². The summed E-state index contributed by atoms with van der Waals surface area (Å²) in [6.45, 7) is 3.01. The second-order valence-corrected chi connectivity index (χ2v) is 5.04. The zero-order chi connectivity index (χ0) is 14.0. The predicted octanol–water partition coefficient (Wildman–Crippen LogP) is 3.66. The van der Waals surface area contributed by atoms with Crippen LogP contribution in [0.3, 0.4) is 0 Å². The zero-order valence-electron chi connectivity index (χ0n) is 10.5. The number of nitrogens with one attached hydrogen (secondary N) is 1. The smallest absolute Gasteiger partial charge is 0.348 e. The van der Waals surface area contributed by atoms with Crippen molar-refractivity contribution in [3.63, 3.8) is 0 Å². The van der Waals surface area contributed by atoms with E-state index in [1.54, 1.807) is 13.0 Å². The Morgan fingerprint density at radius 1 is 1.32 bits per heavy atom. The van der Waals surface area contributed by atoms with Gasteiger partial charge in [0.05, 0.1) is 5.69 Å². The van der Waals surface area contributed by atoms with Crippen LogP contribution in [0.5, 0.6) is 0 Å². The fraction of sp³-hybridized carbons (Fsp3) is 0.143. The van der Waals surface area contributed by atoms with Crippen LogP contribution >= 0.6 is 15.9 Å². The molecule has 1 aromatic heterocycles. The molecule has 2 aromatic rings. The molecule has 0 bridgehead atoms. The number of hydrogen-bond donors (Lipinski definition) is 1. The third kappa shape index (κ3) is 3.12. The minimum absolute atomic E-state index is 0.0329. The summed E-state index contributed by atoms with van der Waals surface area (Å²) < 4.78 is 5.85. The Morgan fingerprint density at radius 3 is 2.68 bits per heavy atom. The van der Waals surface area contributed by atoms with E-state index in [-0.39, 0.29) is 11.3 Å². The van der Waals surface area contributed by atoms with Crippen LogP contribution in [0.4, 0.5) is 11.4 Å². The molecular weight excluding hydrogens is 310 g/mol. The van der Waals surface area contributed by atoms with Gasteiger partial charge in [0.2, 0.25) is 0 Å². The first-order valence-corrected chi connectivity index (χ1v) is 6.45. The summed E-state index contributed by atoms with van der Waals surface area (Å²) in [6.07, 6.45) is 0. The largest absolute Gasteiger partial charge is 0.428 e. The second kappa shape index (κ2) is 5.40. The van der Waals surface area contributed by atoms with E-state index in [2.05, 4.69) is 21.2 Å². The van der Waals surface area contributed by atoms with Crippen LogP contribution in [0.25, 0.3) is 0 Å².